The molecule has 1 amide bonds. The molecular formula is C34H35ClN6O2S. The van der Waals surface area contributed by atoms with Crippen molar-refractivity contribution in [3.63, 3.8) is 0 Å². The number of carbonyl (C=O) groups excluding carboxylic acids is 1. The molecule has 5 rings (SSSR count). The molecule has 2 aromatic heterocycles. The number of amides is 1. The predicted molar refractivity (Wildman–Crippen MR) is 179 cm³/mol. The number of rotatable bonds is 11. The lowest BCUT2D eigenvalue weighted by molar-refractivity contribution is -0.118. The summed E-state index contributed by atoms with van der Waals surface area (Å²) in [5.74, 6) is 1.36. The predicted octanol–water partition coefficient (Wildman–Crippen LogP) is 7.37. The number of hydrogen-bond donors (Lipinski definition) is 1. The quantitative estimate of drug-likeness (QED) is 0.0940. The first kappa shape index (κ1) is 31.1. The summed E-state index contributed by atoms with van der Waals surface area (Å²) in [5.41, 5.74) is 11.0. The maximum absolute atomic E-state index is 12.9. The molecular weight excluding hydrogens is 592 g/mol. The van der Waals surface area contributed by atoms with Gasteiger partial charge < -0.3 is 9.30 Å². The van der Waals surface area contributed by atoms with Crippen LogP contribution in [0.1, 0.15) is 41.9 Å². The van der Waals surface area contributed by atoms with E-state index < -0.39 is 0 Å². The van der Waals surface area contributed by atoms with Crippen LogP contribution in [0.15, 0.2) is 83.1 Å². The summed E-state index contributed by atoms with van der Waals surface area (Å²) in [6.07, 6.45) is 3.37. The fraction of sp³-hybridized carbons (Fsp3) is 0.235. The Morgan fingerprint density at radius 2 is 1.66 bits per heavy atom. The fourth-order valence-electron chi connectivity index (χ4n) is 5.24. The van der Waals surface area contributed by atoms with Crippen molar-refractivity contribution < 1.29 is 9.53 Å². The number of aromatic nitrogens is 4. The van der Waals surface area contributed by atoms with Crippen LogP contribution in [0.25, 0.3) is 22.8 Å². The molecule has 0 bridgehead atoms. The van der Waals surface area contributed by atoms with Gasteiger partial charge >= 0.3 is 0 Å². The molecule has 0 unspecified atom stereocenters. The molecule has 5 aromatic rings. The number of ether oxygens (including phenoxy) is 1. The first-order valence-corrected chi connectivity index (χ1v) is 15.8. The van der Waals surface area contributed by atoms with Gasteiger partial charge in [-0.15, -0.1) is 10.2 Å². The lowest BCUT2D eigenvalue weighted by Crippen LogP contribution is -2.20. The highest BCUT2D eigenvalue weighted by Crippen LogP contribution is 2.33. The molecule has 3 aromatic carbocycles. The molecule has 0 aliphatic rings. The topological polar surface area (TPSA) is 86.3 Å². The van der Waals surface area contributed by atoms with Crippen LogP contribution in [0.4, 0.5) is 0 Å². The first-order chi connectivity index (χ1) is 21.3. The van der Waals surface area contributed by atoms with Gasteiger partial charge in [0.1, 0.15) is 5.75 Å². The standard InChI is InChI=1S/C34H35ClN6O2S/c1-6-24-9-8-10-25(7-2)32(24)41-33(26-11-17-30(43-5)18-12-26)38-39-34(41)44-21-31(42)37-36-20-27-19-22(3)40(23(27)4)29-15-13-28(35)14-16-29/h8-20H,6-7,21H2,1-5H3,(H,37,42)/b36-20+. The maximum Gasteiger partial charge on any atom is 0.250 e. The lowest BCUT2D eigenvalue weighted by Gasteiger charge is -2.18. The number of hydrazone groups is 1. The average molecular weight is 627 g/mol. The average Bonchev–Trinajstić information content (AvgIpc) is 3.59. The van der Waals surface area contributed by atoms with Crippen molar-refractivity contribution in [2.45, 2.75) is 45.7 Å². The Hall–Kier alpha value is -4.34. The van der Waals surface area contributed by atoms with Gasteiger partial charge in [0, 0.05) is 33.2 Å². The first-order valence-electron chi connectivity index (χ1n) is 14.4. The number of halogens is 1. The van der Waals surface area contributed by atoms with Crippen LogP contribution in [0.2, 0.25) is 5.02 Å². The summed E-state index contributed by atoms with van der Waals surface area (Å²) in [6, 6.07) is 23.8. The van der Waals surface area contributed by atoms with Crippen LogP contribution < -0.4 is 10.2 Å². The van der Waals surface area contributed by atoms with Crippen LogP contribution in [-0.2, 0) is 17.6 Å². The number of methoxy groups -OCH3 is 1. The fourth-order valence-corrected chi connectivity index (χ4v) is 6.09. The smallest absolute Gasteiger partial charge is 0.250 e. The number of benzene rings is 3. The van der Waals surface area contributed by atoms with E-state index in [0.717, 1.165) is 52.5 Å². The molecule has 0 aliphatic carbocycles. The Kier molecular flexibility index (Phi) is 9.87. The Balaban J connectivity index is 1.36. The van der Waals surface area contributed by atoms with Crippen molar-refractivity contribution in [2.75, 3.05) is 12.9 Å². The normalized spacial score (nSPS) is 11.3. The largest absolute Gasteiger partial charge is 0.497 e. The number of nitrogens with one attached hydrogen (secondary N) is 1. The van der Waals surface area contributed by atoms with E-state index >= 15 is 0 Å². The van der Waals surface area contributed by atoms with Crippen molar-refractivity contribution >= 4 is 35.5 Å². The van der Waals surface area contributed by atoms with Crippen molar-refractivity contribution in [3.8, 4) is 28.5 Å². The number of aryl methyl sites for hydroxylation is 3. The van der Waals surface area contributed by atoms with E-state index in [9.17, 15) is 4.79 Å². The van der Waals surface area contributed by atoms with Gasteiger partial charge in [0.2, 0.25) is 0 Å². The molecule has 2 heterocycles. The Morgan fingerprint density at radius 3 is 2.30 bits per heavy atom. The van der Waals surface area contributed by atoms with Crippen molar-refractivity contribution in [1.29, 1.82) is 0 Å². The number of hydrogen-bond acceptors (Lipinski definition) is 6. The maximum atomic E-state index is 12.9. The molecule has 1 N–H and O–H groups in total. The van der Waals surface area contributed by atoms with Gasteiger partial charge in [0.25, 0.3) is 5.91 Å². The van der Waals surface area contributed by atoms with Gasteiger partial charge in [-0.2, -0.15) is 5.10 Å². The zero-order chi connectivity index (χ0) is 31.2. The third-order valence-corrected chi connectivity index (χ3v) is 8.63. The van der Waals surface area contributed by atoms with Gasteiger partial charge in [-0.05, 0) is 92.4 Å². The van der Waals surface area contributed by atoms with E-state index in [-0.39, 0.29) is 11.7 Å². The van der Waals surface area contributed by atoms with Crippen LogP contribution >= 0.6 is 23.4 Å². The molecule has 0 saturated heterocycles. The van der Waals surface area contributed by atoms with Crippen LogP contribution in [0.3, 0.4) is 0 Å². The van der Waals surface area contributed by atoms with Crippen molar-refractivity contribution in [2.24, 2.45) is 5.10 Å². The summed E-state index contributed by atoms with van der Waals surface area (Å²) in [5, 5.41) is 14.7. The molecule has 0 radical (unpaired) electrons. The molecule has 0 saturated carbocycles. The summed E-state index contributed by atoms with van der Waals surface area (Å²) in [4.78, 5) is 12.9. The summed E-state index contributed by atoms with van der Waals surface area (Å²) >= 11 is 7.40. The lowest BCUT2D eigenvalue weighted by atomic mass is 10.0. The van der Waals surface area contributed by atoms with Gasteiger partial charge in [0.05, 0.1) is 24.8 Å². The van der Waals surface area contributed by atoms with Gasteiger partial charge in [-0.3, -0.25) is 9.36 Å². The highest BCUT2D eigenvalue weighted by atomic mass is 35.5. The minimum absolute atomic E-state index is 0.123. The van der Waals surface area contributed by atoms with E-state index in [2.05, 4.69) is 61.9 Å². The zero-order valence-corrected chi connectivity index (χ0v) is 27.0. The molecule has 0 aliphatic heterocycles. The molecule has 44 heavy (non-hydrogen) atoms. The Labute approximate surface area is 267 Å². The molecule has 8 nitrogen and oxygen atoms in total. The SMILES string of the molecule is CCc1cccc(CC)c1-n1c(SCC(=O)N/N=C/c2cc(C)n(-c3ccc(Cl)cc3)c2C)nnc1-c1ccc(OC)cc1. The summed E-state index contributed by atoms with van der Waals surface area (Å²) in [6.45, 7) is 8.33. The second-order valence-electron chi connectivity index (χ2n) is 10.2. The van der Waals surface area contributed by atoms with Crippen molar-refractivity contribution in [3.05, 3.63) is 106 Å². The van der Waals surface area contributed by atoms with Crippen LogP contribution in [0, 0.1) is 13.8 Å². The van der Waals surface area contributed by atoms with Gasteiger partial charge in [-0.1, -0.05) is 55.4 Å². The summed E-state index contributed by atoms with van der Waals surface area (Å²) in [7, 11) is 1.64. The monoisotopic (exact) mass is 626 g/mol. The van der Waals surface area contributed by atoms with Gasteiger partial charge in [-0.25, -0.2) is 5.43 Å². The van der Waals surface area contributed by atoms with Crippen molar-refractivity contribution in [1.82, 2.24) is 24.8 Å². The molecule has 10 heteroatoms. The molecule has 226 valence electrons. The minimum atomic E-state index is -0.238. The van der Waals surface area contributed by atoms with E-state index in [1.807, 2.05) is 68.4 Å². The van der Waals surface area contributed by atoms with E-state index in [1.165, 1.54) is 22.9 Å². The molecule has 0 spiro atoms. The highest BCUT2D eigenvalue weighted by molar-refractivity contribution is 7.99. The highest BCUT2D eigenvalue weighted by Gasteiger charge is 2.21. The van der Waals surface area contributed by atoms with E-state index in [1.54, 1.807) is 13.3 Å². The number of carbonyl (C=O) groups is 1. The second-order valence-corrected chi connectivity index (χ2v) is 11.6. The van der Waals surface area contributed by atoms with Crippen LogP contribution in [-0.4, -0.2) is 44.3 Å². The zero-order valence-electron chi connectivity index (χ0n) is 25.5. The molecule has 0 atom stereocenters. The van der Waals surface area contributed by atoms with Gasteiger partial charge in [0.15, 0.2) is 11.0 Å². The minimum Gasteiger partial charge on any atom is -0.497 e. The number of thioether (sulfide) groups is 1. The van der Waals surface area contributed by atoms with Crippen LogP contribution in [0.5, 0.6) is 5.75 Å². The number of nitrogens with zero attached hydrogens (tertiary/aromatic N) is 5. The second kappa shape index (κ2) is 14.0. The Bertz CT molecular complexity index is 1770. The third kappa shape index (κ3) is 6.59. The molecule has 0 fully saturated rings. The third-order valence-electron chi connectivity index (χ3n) is 7.45. The summed E-state index contributed by atoms with van der Waals surface area (Å²) < 4.78 is 9.55. The van der Waals surface area contributed by atoms with E-state index in [0.29, 0.717) is 16.0 Å². The number of para-hydroxylation sites is 1. The Morgan fingerprint density at radius 1 is 0.977 bits per heavy atom. The van der Waals surface area contributed by atoms with E-state index in [4.69, 9.17) is 16.3 Å².